The lowest BCUT2D eigenvalue weighted by Gasteiger charge is -1.93. The number of rotatable bonds is 1. The minimum absolute atomic E-state index is 0.962. The molecule has 0 amide bonds. The van der Waals surface area contributed by atoms with Crippen molar-refractivity contribution in [3.05, 3.63) is 32.9 Å². The van der Waals surface area contributed by atoms with Crippen LogP contribution in [0.4, 0.5) is 5.69 Å². The molecule has 2 nitrogen and oxygen atoms in total. The van der Waals surface area contributed by atoms with Crippen LogP contribution >= 0.6 is 61.9 Å². The van der Waals surface area contributed by atoms with Gasteiger partial charge in [-0.3, -0.25) is 0 Å². The summed E-state index contributed by atoms with van der Waals surface area (Å²) in [6, 6.07) is 8.64. The summed E-state index contributed by atoms with van der Waals surface area (Å²) in [4.78, 5) is 7.68. The van der Waals surface area contributed by atoms with Crippen LogP contribution in [0.3, 0.4) is 0 Å². The summed E-state index contributed by atoms with van der Waals surface area (Å²) in [6.07, 6.45) is 0. The first kappa shape index (κ1) is 13.2. The highest BCUT2D eigenvalue weighted by molar-refractivity contribution is 9.11. The van der Waals surface area contributed by atoms with Gasteiger partial charge in [0, 0.05) is 26.6 Å². The SMILES string of the molecule is Cc1ccc(-c2cc3c(s2)-c2sc(Br)cc2N=NS3)s1. The molecule has 0 aromatic carbocycles. The molecule has 0 atom stereocenters. The van der Waals surface area contributed by atoms with Crippen LogP contribution in [0, 0.1) is 6.92 Å². The highest BCUT2D eigenvalue weighted by Crippen LogP contribution is 2.52. The van der Waals surface area contributed by atoms with Gasteiger partial charge in [-0.2, -0.15) is 0 Å². The third-order valence-electron chi connectivity index (χ3n) is 2.86. The maximum absolute atomic E-state index is 4.28. The largest absolute Gasteiger partial charge is 0.142 e. The molecule has 3 aromatic heterocycles. The summed E-state index contributed by atoms with van der Waals surface area (Å²) >= 11 is 10.4. The van der Waals surface area contributed by atoms with Gasteiger partial charge >= 0.3 is 0 Å². The number of thiophene rings is 3. The van der Waals surface area contributed by atoms with Gasteiger partial charge in [-0.25, -0.2) is 0 Å². The molecule has 0 spiro atoms. The number of halogens is 1. The fourth-order valence-corrected chi connectivity index (χ4v) is 6.61. The van der Waals surface area contributed by atoms with E-state index in [1.54, 1.807) is 11.3 Å². The van der Waals surface area contributed by atoms with Crippen molar-refractivity contribution in [1.29, 1.82) is 0 Å². The molecular formula is C13H7BrN2S4. The summed E-state index contributed by atoms with van der Waals surface area (Å²) in [5, 5.41) is 4.28. The Balaban J connectivity index is 1.89. The van der Waals surface area contributed by atoms with Gasteiger partial charge in [-0.1, -0.05) is 0 Å². The Morgan fingerprint density at radius 3 is 2.70 bits per heavy atom. The summed E-state index contributed by atoms with van der Waals surface area (Å²) < 4.78 is 5.31. The molecule has 0 saturated carbocycles. The number of nitrogens with zero attached hydrogens (tertiary/aromatic N) is 2. The Hall–Kier alpha value is -0.470. The zero-order valence-electron chi connectivity index (χ0n) is 10.2. The van der Waals surface area contributed by atoms with E-state index >= 15 is 0 Å². The van der Waals surface area contributed by atoms with Crippen molar-refractivity contribution >= 4 is 67.6 Å². The molecule has 0 bridgehead atoms. The molecule has 20 heavy (non-hydrogen) atoms. The second kappa shape index (κ2) is 5.06. The predicted octanol–water partition coefficient (Wildman–Crippen LogP) is 7.38. The number of hydrogen-bond donors (Lipinski definition) is 0. The maximum atomic E-state index is 4.28. The van der Waals surface area contributed by atoms with E-state index < -0.39 is 0 Å². The number of hydrogen-bond acceptors (Lipinski definition) is 6. The smallest absolute Gasteiger partial charge is 0.107 e. The van der Waals surface area contributed by atoms with Crippen molar-refractivity contribution < 1.29 is 0 Å². The molecule has 7 heteroatoms. The lowest BCUT2D eigenvalue weighted by Crippen LogP contribution is -1.64. The summed E-state index contributed by atoms with van der Waals surface area (Å²) in [6.45, 7) is 2.14. The zero-order valence-corrected chi connectivity index (χ0v) is 15.1. The van der Waals surface area contributed by atoms with Crippen molar-refractivity contribution in [3.63, 3.8) is 0 Å². The Morgan fingerprint density at radius 2 is 1.90 bits per heavy atom. The van der Waals surface area contributed by atoms with E-state index in [-0.39, 0.29) is 0 Å². The van der Waals surface area contributed by atoms with Crippen LogP contribution in [0.1, 0.15) is 4.88 Å². The Bertz CT molecular complexity index is 827. The number of aryl methyl sites for hydroxylation is 1. The van der Waals surface area contributed by atoms with Gasteiger partial charge in [0.25, 0.3) is 0 Å². The summed E-state index contributed by atoms with van der Waals surface area (Å²) in [7, 11) is 0. The molecular weight excluding hydrogens is 392 g/mol. The second-order valence-corrected chi connectivity index (χ2v) is 9.81. The van der Waals surface area contributed by atoms with Crippen LogP contribution in [-0.2, 0) is 0 Å². The lowest BCUT2D eigenvalue weighted by atomic mass is 10.3. The molecule has 100 valence electrons. The van der Waals surface area contributed by atoms with Crippen LogP contribution in [0.2, 0.25) is 0 Å². The first-order valence-electron chi connectivity index (χ1n) is 5.79. The average Bonchev–Trinajstić information content (AvgIpc) is 3.07. The van der Waals surface area contributed by atoms with E-state index in [4.69, 9.17) is 0 Å². The predicted molar refractivity (Wildman–Crippen MR) is 93.8 cm³/mol. The molecule has 0 fully saturated rings. The Kier molecular flexibility index (Phi) is 3.35. The molecule has 0 aliphatic carbocycles. The van der Waals surface area contributed by atoms with Gasteiger partial charge in [0.1, 0.15) is 5.69 Å². The zero-order chi connectivity index (χ0) is 13.7. The minimum Gasteiger partial charge on any atom is -0.142 e. The molecule has 4 heterocycles. The summed E-state index contributed by atoms with van der Waals surface area (Å²) in [5.41, 5.74) is 0.962. The van der Waals surface area contributed by atoms with E-state index in [0.29, 0.717) is 0 Å². The van der Waals surface area contributed by atoms with Crippen LogP contribution in [0.5, 0.6) is 0 Å². The maximum Gasteiger partial charge on any atom is 0.107 e. The molecule has 0 unspecified atom stereocenters. The normalized spacial score (nSPS) is 13.1. The van der Waals surface area contributed by atoms with Gasteiger partial charge in [0.15, 0.2) is 0 Å². The second-order valence-electron chi connectivity index (χ2n) is 4.25. The minimum atomic E-state index is 0.962. The van der Waals surface area contributed by atoms with Gasteiger partial charge < -0.3 is 0 Å². The van der Waals surface area contributed by atoms with E-state index in [1.807, 2.05) is 28.7 Å². The highest BCUT2D eigenvalue weighted by atomic mass is 79.9. The molecule has 1 aliphatic heterocycles. The molecule has 4 rings (SSSR count). The third-order valence-corrected chi connectivity index (χ3v) is 7.79. The topological polar surface area (TPSA) is 24.7 Å². The van der Waals surface area contributed by atoms with Crippen molar-refractivity contribution in [2.75, 3.05) is 0 Å². The lowest BCUT2D eigenvalue weighted by molar-refractivity contribution is 1.36. The van der Waals surface area contributed by atoms with E-state index in [1.165, 1.54) is 41.2 Å². The third kappa shape index (κ3) is 2.21. The molecule has 3 aromatic rings. The van der Waals surface area contributed by atoms with Crippen LogP contribution in [0.25, 0.3) is 19.5 Å². The Morgan fingerprint density at radius 1 is 1.00 bits per heavy atom. The Labute approximate surface area is 140 Å². The fraction of sp³-hybridized carbons (Fsp3) is 0.0769. The van der Waals surface area contributed by atoms with Gasteiger partial charge in [0.05, 0.1) is 18.4 Å². The van der Waals surface area contributed by atoms with E-state index in [0.717, 1.165) is 9.47 Å². The molecule has 0 saturated heterocycles. The first-order valence-corrected chi connectivity index (χ1v) is 9.81. The van der Waals surface area contributed by atoms with Crippen LogP contribution in [-0.4, -0.2) is 0 Å². The standard InChI is InChI=1S/C13H7BrN2S4/c1-6-2-3-8(17-6)9-5-10-13(18-9)12-7(15-16-20-10)4-11(14)19-12/h2-5H,1H3. The van der Waals surface area contributed by atoms with Crippen molar-refractivity contribution in [3.8, 4) is 19.5 Å². The highest BCUT2D eigenvalue weighted by Gasteiger charge is 2.21. The van der Waals surface area contributed by atoms with Crippen LogP contribution in [0.15, 0.2) is 42.6 Å². The average molecular weight is 399 g/mol. The van der Waals surface area contributed by atoms with Gasteiger partial charge in [-0.15, -0.1) is 43.6 Å². The van der Waals surface area contributed by atoms with Crippen molar-refractivity contribution in [2.45, 2.75) is 11.8 Å². The van der Waals surface area contributed by atoms with Gasteiger partial charge in [-0.05, 0) is 47.1 Å². The van der Waals surface area contributed by atoms with Crippen molar-refractivity contribution in [2.24, 2.45) is 9.63 Å². The molecule has 0 radical (unpaired) electrons. The first-order chi connectivity index (χ1) is 9.70. The van der Waals surface area contributed by atoms with Gasteiger partial charge in [0.2, 0.25) is 0 Å². The number of fused-ring (bicyclic) bond motifs is 3. The molecule has 0 N–H and O–H groups in total. The quantitative estimate of drug-likeness (QED) is 0.392. The fourth-order valence-electron chi connectivity index (χ4n) is 1.99. The molecule has 1 aliphatic rings. The van der Waals surface area contributed by atoms with Crippen molar-refractivity contribution in [1.82, 2.24) is 0 Å². The van der Waals surface area contributed by atoms with E-state index in [9.17, 15) is 0 Å². The van der Waals surface area contributed by atoms with Crippen LogP contribution < -0.4 is 0 Å². The monoisotopic (exact) mass is 398 g/mol. The van der Waals surface area contributed by atoms with E-state index in [2.05, 4.69) is 50.7 Å². The summed E-state index contributed by atoms with van der Waals surface area (Å²) in [5.74, 6) is 0.